The average Bonchev–Trinajstić information content (AvgIpc) is 2.92. The minimum absolute atomic E-state index is 0.128. The summed E-state index contributed by atoms with van der Waals surface area (Å²) in [4.78, 5) is 34.9. The molecule has 22 heavy (non-hydrogen) atoms. The molecular formula is C13H19F3N2O4. The van der Waals surface area contributed by atoms with Crippen LogP contribution in [-0.4, -0.2) is 54.6 Å². The van der Waals surface area contributed by atoms with Gasteiger partial charge in [-0.3, -0.25) is 14.4 Å². The van der Waals surface area contributed by atoms with Gasteiger partial charge < -0.3 is 15.0 Å². The molecule has 9 heteroatoms. The molecule has 1 N–H and O–H groups in total. The molecule has 1 atom stereocenters. The molecule has 0 radical (unpaired) electrons. The fraction of sp³-hybridized carbons (Fsp3) is 0.769. The van der Waals surface area contributed by atoms with Gasteiger partial charge in [0.15, 0.2) is 0 Å². The van der Waals surface area contributed by atoms with Gasteiger partial charge in [-0.25, -0.2) is 0 Å². The second kappa shape index (κ2) is 8.00. The SMILES string of the molecule is CCCCOC(=O)CNC(=O)C1CCCN1C(=O)C(F)(F)F. The van der Waals surface area contributed by atoms with E-state index in [9.17, 15) is 27.6 Å². The fourth-order valence-electron chi connectivity index (χ4n) is 2.10. The van der Waals surface area contributed by atoms with E-state index < -0.39 is 36.5 Å². The average molecular weight is 324 g/mol. The first-order valence-electron chi connectivity index (χ1n) is 7.08. The number of rotatable bonds is 6. The van der Waals surface area contributed by atoms with Crippen LogP contribution >= 0.6 is 0 Å². The molecule has 0 saturated carbocycles. The summed E-state index contributed by atoms with van der Waals surface area (Å²) in [7, 11) is 0. The van der Waals surface area contributed by atoms with Crippen LogP contribution in [0.3, 0.4) is 0 Å². The number of nitrogens with one attached hydrogen (secondary N) is 1. The van der Waals surface area contributed by atoms with Crippen LogP contribution < -0.4 is 5.32 Å². The van der Waals surface area contributed by atoms with Gasteiger partial charge >= 0.3 is 18.1 Å². The maximum atomic E-state index is 12.4. The van der Waals surface area contributed by atoms with Gasteiger partial charge in [-0.1, -0.05) is 13.3 Å². The smallest absolute Gasteiger partial charge is 0.464 e. The van der Waals surface area contributed by atoms with Crippen molar-refractivity contribution >= 4 is 17.8 Å². The molecule has 0 spiro atoms. The van der Waals surface area contributed by atoms with Gasteiger partial charge in [0.2, 0.25) is 5.91 Å². The fourth-order valence-corrected chi connectivity index (χ4v) is 2.10. The Labute approximate surface area is 126 Å². The zero-order valence-corrected chi connectivity index (χ0v) is 12.2. The number of unbranched alkanes of at least 4 members (excludes halogenated alkanes) is 1. The summed E-state index contributed by atoms with van der Waals surface area (Å²) in [6.07, 6.45) is -3.03. The molecule has 0 aromatic carbocycles. The molecule has 1 rings (SSSR count). The monoisotopic (exact) mass is 324 g/mol. The Balaban J connectivity index is 2.47. The lowest BCUT2D eigenvalue weighted by molar-refractivity contribution is -0.186. The molecule has 2 amide bonds. The van der Waals surface area contributed by atoms with Crippen LogP contribution in [0.1, 0.15) is 32.6 Å². The van der Waals surface area contributed by atoms with Gasteiger partial charge in [0.1, 0.15) is 12.6 Å². The lowest BCUT2D eigenvalue weighted by Crippen LogP contribution is -2.50. The van der Waals surface area contributed by atoms with Crippen molar-refractivity contribution in [1.82, 2.24) is 10.2 Å². The number of hydrogen-bond donors (Lipinski definition) is 1. The third-order valence-corrected chi connectivity index (χ3v) is 3.23. The van der Waals surface area contributed by atoms with Crippen LogP contribution in [0.25, 0.3) is 0 Å². The first-order chi connectivity index (χ1) is 10.3. The molecule has 1 heterocycles. The third kappa shape index (κ3) is 5.19. The van der Waals surface area contributed by atoms with Crippen molar-refractivity contribution in [2.45, 2.75) is 44.8 Å². The molecule has 1 aliphatic heterocycles. The van der Waals surface area contributed by atoms with Crippen molar-refractivity contribution in [3.05, 3.63) is 0 Å². The highest BCUT2D eigenvalue weighted by molar-refractivity contribution is 5.91. The van der Waals surface area contributed by atoms with Crippen molar-refractivity contribution in [3.8, 4) is 0 Å². The van der Waals surface area contributed by atoms with Crippen molar-refractivity contribution in [1.29, 1.82) is 0 Å². The molecule has 0 aliphatic carbocycles. The molecular weight excluding hydrogens is 305 g/mol. The number of amides is 2. The number of carbonyl (C=O) groups is 3. The Morgan fingerprint density at radius 1 is 1.32 bits per heavy atom. The highest BCUT2D eigenvalue weighted by atomic mass is 19.4. The molecule has 0 bridgehead atoms. The Morgan fingerprint density at radius 2 is 2.00 bits per heavy atom. The van der Waals surface area contributed by atoms with Crippen LogP contribution in [-0.2, 0) is 19.1 Å². The normalized spacial score (nSPS) is 18.2. The molecule has 0 aromatic heterocycles. The van der Waals surface area contributed by atoms with E-state index in [1.54, 1.807) is 0 Å². The Bertz CT molecular complexity index is 426. The van der Waals surface area contributed by atoms with Gasteiger partial charge in [-0.15, -0.1) is 0 Å². The van der Waals surface area contributed by atoms with Crippen LogP contribution in [0.2, 0.25) is 0 Å². The minimum atomic E-state index is -5.01. The molecule has 1 aliphatic rings. The first-order valence-corrected chi connectivity index (χ1v) is 7.08. The number of carbonyl (C=O) groups excluding carboxylic acids is 3. The van der Waals surface area contributed by atoms with E-state index >= 15 is 0 Å². The highest BCUT2D eigenvalue weighted by Gasteiger charge is 2.47. The van der Waals surface area contributed by atoms with Gasteiger partial charge in [-0.05, 0) is 19.3 Å². The quantitative estimate of drug-likeness (QED) is 0.584. The second-order valence-electron chi connectivity index (χ2n) is 4.95. The van der Waals surface area contributed by atoms with E-state index in [1.807, 2.05) is 6.92 Å². The summed E-state index contributed by atoms with van der Waals surface area (Å²) >= 11 is 0. The van der Waals surface area contributed by atoms with E-state index in [4.69, 9.17) is 4.74 Å². The summed E-state index contributed by atoms with van der Waals surface area (Å²) in [5.74, 6) is -3.47. The third-order valence-electron chi connectivity index (χ3n) is 3.23. The number of hydrogen-bond acceptors (Lipinski definition) is 4. The Hall–Kier alpha value is -1.80. The molecule has 1 unspecified atom stereocenters. The van der Waals surface area contributed by atoms with Crippen molar-refractivity contribution < 1.29 is 32.3 Å². The van der Waals surface area contributed by atoms with Crippen LogP contribution in [0.4, 0.5) is 13.2 Å². The van der Waals surface area contributed by atoms with E-state index in [-0.39, 0.29) is 19.6 Å². The van der Waals surface area contributed by atoms with Gasteiger partial charge in [0.05, 0.1) is 6.61 Å². The summed E-state index contributed by atoms with van der Waals surface area (Å²) in [5, 5.41) is 2.21. The maximum Gasteiger partial charge on any atom is 0.471 e. The van der Waals surface area contributed by atoms with Gasteiger partial charge in [0.25, 0.3) is 0 Å². The van der Waals surface area contributed by atoms with Crippen molar-refractivity contribution in [3.63, 3.8) is 0 Å². The number of likely N-dealkylation sites (tertiary alicyclic amines) is 1. The standard InChI is InChI=1S/C13H19F3N2O4/c1-2-3-7-22-10(19)8-17-11(20)9-5-4-6-18(9)12(21)13(14,15)16/h9H,2-8H2,1H3,(H,17,20). The molecule has 1 fully saturated rings. The van der Waals surface area contributed by atoms with Crippen LogP contribution in [0.5, 0.6) is 0 Å². The largest absolute Gasteiger partial charge is 0.471 e. The lowest BCUT2D eigenvalue weighted by atomic mass is 10.2. The zero-order valence-electron chi connectivity index (χ0n) is 12.2. The maximum absolute atomic E-state index is 12.4. The number of alkyl halides is 3. The number of halogens is 3. The second-order valence-corrected chi connectivity index (χ2v) is 4.95. The number of ether oxygens (including phenoxy) is 1. The molecule has 126 valence electrons. The zero-order chi connectivity index (χ0) is 16.8. The summed E-state index contributed by atoms with van der Waals surface area (Å²) in [6, 6.07) is -1.20. The lowest BCUT2D eigenvalue weighted by Gasteiger charge is -2.24. The van der Waals surface area contributed by atoms with Crippen LogP contribution in [0.15, 0.2) is 0 Å². The predicted molar refractivity (Wildman–Crippen MR) is 69.7 cm³/mol. The highest BCUT2D eigenvalue weighted by Crippen LogP contribution is 2.25. The van der Waals surface area contributed by atoms with E-state index in [1.165, 1.54) is 0 Å². The summed E-state index contributed by atoms with van der Waals surface area (Å²) < 4.78 is 42.1. The van der Waals surface area contributed by atoms with Gasteiger partial charge in [0, 0.05) is 6.54 Å². The van der Waals surface area contributed by atoms with Crippen molar-refractivity contribution in [2.75, 3.05) is 19.7 Å². The van der Waals surface area contributed by atoms with E-state index in [0.29, 0.717) is 17.7 Å². The topological polar surface area (TPSA) is 75.7 Å². The van der Waals surface area contributed by atoms with Crippen molar-refractivity contribution in [2.24, 2.45) is 0 Å². The number of nitrogens with zero attached hydrogens (tertiary/aromatic N) is 1. The minimum Gasteiger partial charge on any atom is -0.464 e. The van der Waals surface area contributed by atoms with Crippen LogP contribution in [0, 0.1) is 0 Å². The van der Waals surface area contributed by atoms with E-state index in [2.05, 4.69) is 5.32 Å². The first kappa shape index (κ1) is 18.2. The Kier molecular flexibility index (Phi) is 6.63. The predicted octanol–water partition coefficient (Wildman–Crippen LogP) is 0.999. The van der Waals surface area contributed by atoms with Gasteiger partial charge in [-0.2, -0.15) is 13.2 Å². The summed E-state index contributed by atoms with van der Waals surface area (Å²) in [5.41, 5.74) is 0. The Morgan fingerprint density at radius 3 is 2.59 bits per heavy atom. The molecule has 1 saturated heterocycles. The summed E-state index contributed by atoms with van der Waals surface area (Å²) in [6.45, 7) is 1.60. The molecule has 6 nitrogen and oxygen atoms in total. The number of esters is 1. The van der Waals surface area contributed by atoms with E-state index in [0.717, 1.165) is 6.42 Å². The molecule has 0 aromatic rings.